The zero-order valence-corrected chi connectivity index (χ0v) is 19.9. The van der Waals surface area contributed by atoms with E-state index < -0.39 is 11.8 Å². The van der Waals surface area contributed by atoms with Crippen LogP contribution in [0, 0.1) is 11.3 Å². The monoisotopic (exact) mass is 469 g/mol. The van der Waals surface area contributed by atoms with Crippen LogP contribution in [0.1, 0.15) is 82.0 Å². The van der Waals surface area contributed by atoms with Crippen LogP contribution in [0.2, 0.25) is 0 Å². The van der Waals surface area contributed by atoms with Gasteiger partial charge < -0.3 is 15.7 Å². The molecule has 3 aromatic rings. The molecule has 0 bridgehead atoms. The van der Waals surface area contributed by atoms with Gasteiger partial charge in [-0.3, -0.25) is 9.59 Å². The summed E-state index contributed by atoms with van der Waals surface area (Å²) >= 11 is 0. The Morgan fingerprint density at radius 3 is 2.51 bits per heavy atom. The minimum absolute atomic E-state index is 0.0752. The average Bonchev–Trinajstić information content (AvgIpc) is 3.23. The standard InChI is InChI=1S/C27H27N5O3/c1-27(2,3)20-8-5-17(11-24(20)33)14-29-25(34)22-12-23(31-15-30-22)26(35)32-21-9-6-18-10-16(13-28)4-7-19(18)21/h4-5,7-8,10-12,15,21,33H,6,9,14H2,1-3H3,(H,29,34)(H,32,35)/t21-/m0/s1. The highest BCUT2D eigenvalue weighted by Gasteiger charge is 2.25. The van der Waals surface area contributed by atoms with Crippen molar-refractivity contribution in [2.24, 2.45) is 0 Å². The minimum Gasteiger partial charge on any atom is -0.508 e. The maximum Gasteiger partial charge on any atom is 0.270 e. The van der Waals surface area contributed by atoms with E-state index in [9.17, 15) is 14.7 Å². The number of carbonyl (C=O) groups is 2. The number of phenolic OH excluding ortho intramolecular Hbond substituents is 1. The largest absolute Gasteiger partial charge is 0.508 e. The van der Waals surface area contributed by atoms with Crippen molar-refractivity contribution in [2.45, 2.75) is 51.6 Å². The first-order chi connectivity index (χ1) is 16.7. The molecule has 1 aromatic heterocycles. The van der Waals surface area contributed by atoms with Gasteiger partial charge in [-0.05, 0) is 58.7 Å². The van der Waals surface area contributed by atoms with Gasteiger partial charge in [0, 0.05) is 12.6 Å². The summed E-state index contributed by atoms with van der Waals surface area (Å²) in [5.74, 6) is -0.662. The number of amides is 2. The molecule has 2 aromatic carbocycles. The van der Waals surface area contributed by atoms with Crippen LogP contribution in [0.15, 0.2) is 48.8 Å². The molecule has 0 fully saturated rings. The summed E-state index contributed by atoms with van der Waals surface area (Å²) in [4.78, 5) is 33.5. The molecule has 8 heteroatoms. The Morgan fingerprint density at radius 2 is 1.83 bits per heavy atom. The predicted molar refractivity (Wildman–Crippen MR) is 130 cm³/mol. The van der Waals surface area contributed by atoms with E-state index in [2.05, 4.69) is 26.7 Å². The topological polar surface area (TPSA) is 128 Å². The normalized spacial score (nSPS) is 14.6. The number of phenols is 1. The molecule has 1 aliphatic carbocycles. The van der Waals surface area contributed by atoms with Gasteiger partial charge in [0.15, 0.2) is 0 Å². The van der Waals surface area contributed by atoms with Gasteiger partial charge in [0.25, 0.3) is 11.8 Å². The van der Waals surface area contributed by atoms with Gasteiger partial charge in [0.05, 0.1) is 17.7 Å². The van der Waals surface area contributed by atoms with Crippen LogP contribution in [0.3, 0.4) is 0 Å². The fraction of sp³-hybridized carbons (Fsp3) is 0.296. The Bertz CT molecular complexity index is 1340. The quantitative estimate of drug-likeness (QED) is 0.523. The number of aromatic nitrogens is 2. The van der Waals surface area contributed by atoms with E-state index in [-0.39, 0.29) is 35.1 Å². The van der Waals surface area contributed by atoms with Crippen molar-refractivity contribution in [1.82, 2.24) is 20.6 Å². The van der Waals surface area contributed by atoms with Crippen LogP contribution in [-0.2, 0) is 18.4 Å². The molecule has 0 unspecified atom stereocenters. The van der Waals surface area contributed by atoms with E-state index in [0.29, 0.717) is 5.56 Å². The van der Waals surface area contributed by atoms with Crippen molar-refractivity contribution in [2.75, 3.05) is 0 Å². The van der Waals surface area contributed by atoms with E-state index in [1.165, 1.54) is 12.4 Å². The number of fused-ring (bicyclic) bond motifs is 1. The number of nitriles is 1. The molecular weight excluding hydrogens is 442 g/mol. The molecule has 0 radical (unpaired) electrons. The molecule has 0 aliphatic heterocycles. The van der Waals surface area contributed by atoms with Gasteiger partial charge in [-0.15, -0.1) is 0 Å². The van der Waals surface area contributed by atoms with Gasteiger partial charge in [-0.25, -0.2) is 9.97 Å². The molecule has 2 amide bonds. The van der Waals surface area contributed by atoms with Crippen LogP contribution in [-0.4, -0.2) is 26.9 Å². The number of benzene rings is 2. The number of hydrogen-bond acceptors (Lipinski definition) is 6. The molecule has 0 spiro atoms. The zero-order chi connectivity index (χ0) is 25.2. The van der Waals surface area contributed by atoms with Gasteiger partial charge in [0.1, 0.15) is 23.5 Å². The summed E-state index contributed by atoms with van der Waals surface area (Å²) in [5.41, 5.74) is 4.20. The highest BCUT2D eigenvalue weighted by Crippen LogP contribution is 2.32. The molecule has 35 heavy (non-hydrogen) atoms. The highest BCUT2D eigenvalue weighted by atomic mass is 16.3. The number of rotatable bonds is 5. The van der Waals surface area contributed by atoms with E-state index in [0.717, 1.165) is 35.1 Å². The van der Waals surface area contributed by atoms with Crippen molar-refractivity contribution in [3.05, 3.63) is 88.0 Å². The fourth-order valence-electron chi connectivity index (χ4n) is 4.27. The lowest BCUT2D eigenvalue weighted by Gasteiger charge is -2.20. The molecular formula is C27H27N5O3. The first-order valence-corrected chi connectivity index (χ1v) is 11.4. The van der Waals surface area contributed by atoms with Crippen LogP contribution in [0.4, 0.5) is 0 Å². The lowest BCUT2D eigenvalue weighted by Crippen LogP contribution is -2.29. The lowest BCUT2D eigenvalue weighted by atomic mass is 9.86. The molecule has 1 heterocycles. The number of nitrogens with one attached hydrogen (secondary N) is 2. The van der Waals surface area contributed by atoms with E-state index in [1.807, 2.05) is 45.0 Å². The summed E-state index contributed by atoms with van der Waals surface area (Å²) in [7, 11) is 0. The molecule has 4 rings (SSSR count). The third kappa shape index (κ3) is 5.30. The van der Waals surface area contributed by atoms with E-state index in [1.54, 1.807) is 12.1 Å². The maximum absolute atomic E-state index is 12.8. The summed E-state index contributed by atoms with van der Waals surface area (Å²) in [6.07, 6.45) is 2.70. The minimum atomic E-state index is -0.448. The zero-order valence-electron chi connectivity index (χ0n) is 19.9. The van der Waals surface area contributed by atoms with Gasteiger partial charge in [-0.2, -0.15) is 5.26 Å². The van der Waals surface area contributed by atoms with Crippen molar-refractivity contribution in [3.63, 3.8) is 0 Å². The number of aromatic hydroxyl groups is 1. The number of aryl methyl sites for hydroxylation is 1. The van der Waals surface area contributed by atoms with Crippen LogP contribution >= 0.6 is 0 Å². The Balaban J connectivity index is 1.40. The third-order valence-electron chi connectivity index (χ3n) is 6.11. The predicted octanol–water partition coefficient (Wildman–Crippen LogP) is 3.70. The van der Waals surface area contributed by atoms with E-state index in [4.69, 9.17) is 5.26 Å². The second-order valence-corrected chi connectivity index (χ2v) is 9.66. The third-order valence-corrected chi connectivity index (χ3v) is 6.11. The van der Waals surface area contributed by atoms with Crippen molar-refractivity contribution in [1.29, 1.82) is 5.26 Å². The fourth-order valence-corrected chi connectivity index (χ4v) is 4.27. The number of carbonyl (C=O) groups excluding carboxylic acids is 2. The summed E-state index contributed by atoms with van der Waals surface area (Å²) in [6.45, 7) is 6.25. The first-order valence-electron chi connectivity index (χ1n) is 11.4. The van der Waals surface area contributed by atoms with Crippen molar-refractivity contribution < 1.29 is 14.7 Å². The molecule has 3 N–H and O–H groups in total. The Kier molecular flexibility index (Phi) is 6.52. The van der Waals surface area contributed by atoms with Gasteiger partial charge in [0.2, 0.25) is 0 Å². The molecule has 8 nitrogen and oxygen atoms in total. The number of nitrogens with zero attached hydrogens (tertiary/aromatic N) is 3. The summed E-state index contributed by atoms with van der Waals surface area (Å²) in [6, 6.07) is 14.1. The van der Waals surface area contributed by atoms with Crippen LogP contribution < -0.4 is 10.6 Å². The Hall–Kier alpha value is -4.25. The SMILES string of the molecule is CC(C)(C)c1ccc(CNC(=O)c2cc(C(=O)N[C@H]3CCc4cc(C#N)ccc43)ncn2)cc1O. The second kappa shape index (κ2) is 9.55. The number of hydrogen-bond donors (Lipinski definition) is 3. The van der Waals surface area contributed by atoms with Gasteiger partial charge >= 0.3 is 0 Å². The van der Waals surface area contributed by atoms with Crippen molar-refractivity contribution in [3.8, 4) is 11.8 Å². The Morgan fingerprint density at radius 1 is 1.09 bits per heavy atom. The summed E-state index contributed by atoms with van der Waals surface area (Å²) < 4.78 is 0. The molecule has 1 atom stereocenters. The average molecular weight is 470 g/mol. The maximum atomic E-state index is 12.8. The molecule has 0 saturated carbocycles. The molecule has 178 valence electrons. The summed E-state index contributed by atoms with van der Waals surface area (Å²) in [5, 5.41) is 25.1. The van der Waals surface area contributed by atoms with Crippen LogP contribution in [0.25, 0.3) is 0 Å². The first kappa shape index (κ1) is 23.9. The highest BCUT2D eigenvalue weighted by molar-refractivity contribution is 5.97. The second-order valence-electron chi connectivity index (χ2n) is 9.66. The smallest absolute Gasteiger partial charge is 0.270 e. The van der Waals surface area contributed by atoms with Crippen LogP contribution in [0.5, 0.6) is 5.75 Å². The molecule has 0 saturated heterocycles. The lowest BCUT2D eigenvalue weighted by molar-refractivity contribution is 0.0931. The van der Waals surface area contributed by atoms with Gasteiger partial charge in [-0.1, -0.05) is 39.0 Å². The van der Waals surface area contributed by atoms with E-state index >= 15 is 0 Å². The molecule has 1 aliphatic rings. The Labute approximate surface area is 204 Å². The van der Waals surface area contributed by atoms with Crippen molar-refractivity contribution >= 4 is 11.8 Å².